The molecule has 2 aromatic rings. The third kappa shape index (κ3) is 1.95. The zero-order chi connectivity index (χ0) is 14.2. The molecule has 2 aromatic carbocycles. The molecule has 0 spiro atoms. The molecule has 102 valence electrons. The first-order valence-electron chi connectivity index (χ1n) is 6.62. The normalized spacial score (nSPS) is 23.8. The van der Waals surface area contributed by atoms with Gasteiger partial charge in [-0.25, -0.2) is 0 Å². The summed E-state index contributed by atoms with van der Waals surface area (Å²) < 4.78 is 11.7. The molecule has 0 saturated carbocycles. The Kier molecular flexibility index (Phi) is 2.97. The fourth-order valence-electron chi connectivity index (χ4n) is 2.69. The Balaban J connectivity index is 2.10. The largest absolute Gasteiger partial charge is 0.478 e. The number of hydrogen-bond acceptors (Lipinski definition) is 3. The number of carbonyl (C=O) groups is 1. The van der Waals surface area contributed by atoms with Crippen LogP contribution in [0, 0.1) is 0 Å². The molecule has 0 unspecified atom stereocenters. The first-order chi connectivity index (χ1) is 9.61. The summed E-state index contributed by atoms with van der Waals surface area (Å²) in [5, 5.41) is 0. The van der Waals surface area contributed by atoms with Crippen LogP contribution in [0.15, 0.2) is 54.6 Å². The van der Waals surface area contributed by atoms with Crippen LogP contribution in [0.2, 0.25) is 0 Å². The van der Waals surface area contributed by atoms with Crippen LogP contribution in [-0.4, -0.2) is 5.97 Å². The molecule has 0 aromatic heterocycles. The minimum absolute atomic E-state index is 0.308. The maximum absolute atomic E-state index is 11.5. The summed E-state index contributed by atoms with van der Waals surface area (Å²) >= 11 is 0. The van der Waals surface area contributed by atoms with Gasteiger partial charge in [0.15, 0.2) is 11.7 Å². The van der Waals surface area contributed by atoms with E-state index in [1.54, 1.807) is 0 Å². The lowest BCUT2D eigenvalue weighted by molar-refractivity contribution is -0.156. The molecule has 3 rings (SSSR count). The van der Waals surface area contributed by atoms with Gasteiger partial charge in [-0.2, -0.15) is 0 Å². The van der Waals surface area contributed by atoms with E-state index >= 15 is 0 Å². The van der Waals surface area contributed by atoms with E-state index < -0.39 is 11.7 Å². The van der Waals surface area contributed by atoms with E-state index in [9.17, 15) is 4.79 Å². The zero-order valence-corrected chi connectivity index (χ0v) is 11.5. The highest BCUT2D eigenvalue weighted by atomic mass is 16.6. The lowest BCUT2D eigenvalue weighted by Crippen LogP contribution is -2.33. The molecule has 1 heterocycles. The fourth-order valence-corrected chi connectivity index (χ4v) is 2.69. The van der Waals surface area contributed by atoms with Gasteiger partial charge in [0.1, 0.15) is 5.75 Å². The van der Waals surface area contributed by atoms with Crippen molar-refractivity contribution in [1.82, 2.24) is 0 Å². The second-order valence-corrected chi connectivity index (χ2v) is 5.10. The number of para-hydroxylation sites is 1. The second kappa shape index (κ2) is 4.67. The second-order valence-electron chi connectivity index (χ2n) is 5.10. The number of hydrogen-bond donors (Lipinski definition) is 0. The summed E-state index contributed by atoms with van der Waals surface area (Å²) in [6.07, 6.45) is -0.432. The molecule has 3 nitrogen and oxygen atoms in total. The highest BCUT2D eigenvalue weighted by Crippen LogP contribution is 2.50. The molecule has 1 aliphatic heterocycles. The van der Waals surface area contributed by atoms with Gasteiger partial charge in [-0.05, 0) is 18.6 Å². The van der Waals surface area contributed by atoms with Gasteiger partial charge in [-0.1, -0.05) is 48.5 Å². The summed E-state index contributed by atoms with van der Waals surface area (Å²) in [5.41, 5.74) is 1.20. The van der Waals surface area contributed by atoms with Crippen molar-refractivity contribution in [2.45, 2.75) is 25.6 Å². The van der Waals surface area contributed by atoms with Crippen LogP contribution in [0.5, 0.6) is 5.75 Å². The van der Waals surface area contributed by atoms with E-state index in [1.807, 2.05) is 61.5 Å². The van der Waals surface area contributed by atoms with E-state index in [0.29, 0.717) is 0 Å². The zero-order valence-electron chi connectivity index (χ0n) is 11.5. The summed E-state index contributed by atoms with van der Waals surface area (Å²) in [7, 11) is 0. The van der Waals surface area contributed by atoms with Crippen molar-refractivity contribution in [3.05, 3.63) is 65.7 Å². The molecule has 20 heavy (non-hydrogen) atoms. The Morgan fingerprint density at radius 2 is 1.75 bits per heavy atom. The number of carbonyl (C=O) groups excluding carboxylic acids is 1. The Morgan fingerprint density at radius 1 is 1.10 bits per heavy atom. The maximum atomic E-state index is 11.5. The first-order valence-corrected chi connectivity index (χ1v) is 6.62. The molecule has 3 heteroatoms. The highest BCUT2D eigenvalue weighted by Gasteiger charge is 2.48. The van der Waals surface area contributed by atoms with E-state index in [0.717, 1.165) is 16.9 Å². The summed E-state index contributed by atoms with van der Waals surface area (Å²) in [5.74, 6) is 0.461. The van der Waals surface area contributed by atoms with Gasteiger partial charge < -0.3 is 9.47 Å². The van der Waals surface area contributed by atoms with Gasteiger partial charge in [0.05, 0.1) is 0 Å². The Hall–Kier alpha value is -2.29. The minimum Gasteiger partial charge on any atom is -0.478 e. The number of rotatable bonds is 2. The van der Waals surface area contributed by atoms with Crippen molar-refractivity contribution in [2.24, 2.45) is 0 Å². The van der Waals surface area contributed by atoms with Crippen LogP contribution in [0.4, 0.5) is 0 Å². The third-order valence-electron chi connectivity index (χ3n) is 3.65. The quantitative estimate of drug-likeness (QED) is 0.781. The molecule has 1 aliphatic rings. The average Bonchev–Trinajstić information content (AvgIpc) is 2.73. The predicted molar refractivity (Wildman–Crippen MR) is 75.4 cm³/mol. The van der Waals surface area contributed by atoms with Crippen molar-refractivity contribution in [3.8, 4) is 5.75 Å². The maximum Gasteiger partial charge on any atom is 0.303 e. The monoisotopic (exact) mass is 268 g/mol. The van der Waals surface area contributed by atoms with Crippen molar-refractivity contribution in [3.63, 3.8) is 0 Å². The van der Waals surface area contributed by atoms with Crippen molar-refractivity contribution >= 4 is 5.97 Å². The lowest BCUT2D eigenvalue weighted by Gasteiger charge is -2.30. The number of esters is 1. The van der Waals surface area contributed by atoms with Crippen LogP contribution in [0.3, 0.4) is 0 Å². The van der Waals surface area contributed by atoms with Gasteiger partial charge in [0, 0.05) is 12.5 Å². The van der Waals surface area contributed by atoms with Gasteiger partial charge in [0.2, 0.25) is 0 Å². The average molecular weight is 268 g/mol. The Labute approximate surface area is 118 Å². The minimum atomic E-state index is -0.698. The van der Waals surface area contributed by atoms with Crippen molar-refractivity contribution < 1.29 is 14.3 Å². The van der Waals surface area contributed by atoms with Gasteiger partial charge >= 0.3 is 5.97 Å². The molecule has 0 amide bonds. The smallest absolute Gasteiger partial charge is 0.303 e. The molecule has 0 fully saturated rings. The van der Waals surface area contributed by atoms with E-state index in [2.05, 4.69) is 0 Å². The van der Waals surface area contributed by atoms with Crippen molar-refractivity contribution in [2.75, 3.05) is 0 Å². The molecular weight excluding hydrogens is 252 g/mol. The van der Waals surface area contributed by atoms with E-state index in [4.69, 9.17) is 9.47 Å². The topological polar surface area (TPSA) is 35.5 Å². The van der Waals surface area contributed by atoms with Crippen LogP contribution < -0.4 is 4.74 Å². The number of fused-ring (bicyclic) bond motifs is 1. The van der Waals surface area contributed by atoms with Crippen LogP contribution in [-0.2, 0) is 15.1 Å². The third-order valence-corrected chi connectivity index (χ3v) is 3.65. The highest BCUT2D eigenvalue weighted by molar-refractivity contribution is 5.67. The van der Waals surface area contributed by atoms with Crippen LogP contribution >= 0.6 is 0 Å². The van der Waals surface area contributed by atoms with Gasteiger partial charge in [0.25, 0.3) is 0 Å². The van der Waals surface area contributed by atoms with E-state index in [-0.39, 0.29) is 5.97 Å². The summed E-state index contributed by atoms with van der Waals surface area (Å²) in [6, 6.07) is 17.5. The van der Waals surface area contributed by atoms with Crippen LogP contribution in [0.25, 0.3) is 0 Å². The fraction of sp³-hybridized carbons (Fsp3) is 0.235. The van der Waals surface area contributed by atoms with Crippen molar-refractivity contribution in [1.29, 1.82) is 0 Å². The van der Waals surface area contributed by atoms with E-state index in [1.165, 1.54) is 6.92 Å². The SMILES string of the molecule is CC(=O)O[C@H]1c2ccccc2O[C@]1(C)c1ccccc1. The Morgan fingerprint density at radius 3 is 2.45 bits per heavy atom. The molecule has 0 aliphatic carbocycles. The predicted octanol–water partition coefficient (Wildman–Crippen LogP) is 3.60. The summed E-state index contributed by atoms with van der Waals surface area (Å²) in [6.45, 7) is 3.38. The lowest BCUT2D eigenvalue weighted by atomic mass is 9.88. The first kappa shape index (κ1) is 12.7. The number of ether oxygens (including phenoxy) is 2. The molecule has 0 radical (unpaired) electrons. The molecule has 0 bridgehead atoms. The molecular formula is C17H16O3. The molecule has 0 N–H and O–H groups in total. The summed E-state index contributed by atoms with van der Waals surface area (Å²) in [4.78, 5) is 11.5. The van der Waals surface area contributed by atoms with Gasteiger partial charge in [-0.15, -0.1) is 0 Å². The Bertz CT molecular complexity index is 636. The number of benzene rings is 2. The van der Waals surface area contributed by atoms with Crippen LogP contribution in [0.1, 0.15) is 31.1 Å². The van der Waals surface area contributed by atoms with Gasteiger partial charge in [-0.3, -0.25) is 4.79 Å². The molecule has 0 saturated heterocycles. The molecule has 2 atom stereocenters. The standard InChI is InChI=1S/C17H16O3/c1-12(18)19-16-14-10-6-7-11-15(14)20-17(16,2)13-8-4-3-5-9-13/h3-11,16H,1-2H3/t16-,17+/m0/s1.